The molecule has 0 N–H and O–H groups in total. The van der Waals surface area contributed by atoms with Crippen LogP contribution in [0.1, 0.15) is 34.1 Å². The molecule has 0 aliphatic heterocycles. The average molecular weight is 380 g/mol. The van der Waals surface area contributed by atoms with Crippen LogP contribution in [0.15, 0.2) is 47.8 Å². The summed E-state index contributed by atoms with van der Waals surface area (Å²) in [4.78, 5) is 29.2. The summed E-state index contributed by atoms with van der Waals surface area (Å²) in [7, 11) is 0. The minimum atomic E-state index is -0.0880. The van der Waals surface area contributed by atoms with Crippen molar-refractivity contribution in [2.45, 2.75) is 27.4 Å². The van der Waals surface area contributed by atoms with Crippen LogP contribution < -0.4 is 9.64 Å². The van der Waals surface area contributed by atoms with Crippen LogP contribution in [-0.2, 0) is 11.4 Å². The van der Waals surface area contributed by atoms with Crippen LogP contribution >= 0.6 is 11.3 Å². The van der Waals surface area contributed by atoms with E-state index in [1.807, 2.05) is 37.4 Å². The quantitative estimate of drug-likeness (QED) is 0.574. The fraction of sp³-hybridized carbons (Fsp3) is 0.190. The van der Waals surface area contributed by atoms with Crippen molar-refractivity contribution in [1.82, 2.24) is 4.98 Å². The Morgan fingerprint density at radius 2 is 1.93 bits per heavy atom. The van der Waals surface area contributed by atoms with Crippen LogP contribution in [0.25, 0.3) is 0 Å². The van der Waals surface area contributed by atoms with E-state index in [0.717, 1.165) is 28.8 Å². The molecule has 27 heavy (non-hydrogen) atoms. The molecular weight excluding hydrogens is 360 g/mol. The Morgan fingerprint density at radius 1 is 1.19 bits per heavy atom. The third-order valence-electron chi connectivity index (χ3n) is 4.27. The van der Waals surface area contributed by atoms with Crippen molar-refractivity contribution < 1.29 is 14.3 Å². The zero-order valence-corrected chi connectivity index (χ0v) is 16.2. The van der Waals surface area contributed by atoms with Crippen LogP contribution in [0.3, 0.4) is 0 Å². The SMILES string of the molecule is CC(=O)N(c1nc(COc2ccc(C=O)cc2)cs1)c1cccc(C)c1C. The lowest BCUT2D eigenvalue weighted by Crippen LogP contribution is -2.23. The third kappa shape index (κ3) is 4.23. The molecular formula is C21H20N2O3S. The summed E-state index contributed by atoms with van der Waals surface area (Å²) in [6, 6.07) is 12.8. The van der Waals surface area contributed by atoms with E-state index >= 15 is 0 Å². The number of thiazole rings is 1. The number of aromatic nitrogens is 1. The lowest BCUT2D eigenvalue weighted by molar-refractivity contribution is -0.115. The predicted molar refractivity (Wildman–Crippen MR) is 107 cm³/mol. The molecule has 0 bridgehead atoms. The van der Waals surface area contributed by atoms with Gasteiger partial charge in [0.2, 0.25) is 5.91 Å². The van der Waals surface area contributed by atoms with Crippen molar-refractivity contribution in [2.75, 3.05) is 4.90 Å². The minimum absolute atomic E-state index is 0.0880. The molecule has 138 valence electrons. The first-order chi connectivity index (χ1) is 13.0. The number of amides is 1. The Balaban J connectivity index is 1.78. The number of nitrogens with zero attached hydrogens (tertiary/aromatic N) is 2. The summed E-state index contributed by atoms with van der Waals surface area (Å²) in [5.74, 6) is 0.572. The van der Waals surface area contributed by atoms with Gasteiger partial charge in [-0.1, -0.05) is 12.1 Å². The fourth-order valence-electron chi connectivity index (χ4n) is 2.65. The average Bonchev–Trinajstić information content (AvgIpc) is 3.12. The van der Waals surface area contributed by atoms with Crippen LogP contribution in [-0.4, -0.2) is 17.2 Å². The van der Waals surface area contributed by atoms with Crippen molar-refractivity contribution in [2.24, 2.45) is 0 Å². The summed E-state index contributed by atoms with van der Waals surface area (Å²) >= 11 is 1.40. The van der Waals surface area contributed by atoms with Gasteiger partial charge in [-0.05, 0) is 55.3 Å². The Kier molecular flexibility index (Phi) is 5.66. The molecule has 5 nitrogen and oxygen atoms in total. The Labute approximate surface area is 162 Å². The number of benzene rings is 2. The molecule has 0 aliphatic carbocycles. The fourth-order valence-corrected chi connectivity index (χ4v) is 3.51. The Bertz CT molecular complexity index is 964. The van der Waals surface area contributed by atoms with Gasteiger partial charge in [-0.25, -0.2) is 4.98 Å². The number of rotatable bonds is 6. The number of aldehydes is 1. The van der Waals surface area contributed by atoms with Gasteiger partial charge in [-0.15, -0.1) is 11.3 Å². The largest absolute Gasteiger partial charge is 0.487 e. The normalized spacial score (nSPS) is 10.5. The van der Waals surface area contributed by atoms with E-state index < -0.39 is 0 Å². The number of carbonyl (C=O) groups is 2. The molecule has 2 aromatic carbocycles. The van der Waals surface area contributed by atoms with Crippen molar-refractivity contribution in [3.63, 3.8) is 0 Å². The molecule has 1 amide bonds. The second-order valence-corrected chi connectivity index (χ2v) is 7.01. The second-order valence-electron chi connectivity index (χ2n) is 6.17. The first kappa shape index (κ1) is 18.8. The zero-order chi connectivity index (χ0) is 19.4. The second kappa shape index (κ2) is 8.14. The molecule has 0 aliphatic rings. The molecule has 0 saturated carbocycles. The van der Waals surface area contributed by atoms with Crippen molar-refractivity contribution in [1.29, 1.82) is 0 Å². The van der Waals surface area contributed by atoms with Gasteiger partial charge >= 0.3 is 0 Å². The van der Waals surface area contributed by atoms with E-state index in [1.54, 1.807) is 29.2 Å². The summed E-state index contributed by atoms with van der Waals surface area (Å²) < 4.78 is 5.72. The summed E-state index contributed by atoms with van der Waals surface area (Å²) in [6.45, 7) is 5.85. The first-order valence-corrected chi connectivity index (χ1v) is 9.37. The number of carbonyl (C=O) groups excluding carboxylic acids is 2. The molecule has 3 aromatic rings. The van der Waals surface area contributed by atoms with E-state index in [-0.39, 0.29) is 12.5 Å². The molecule has 6 heteroatoms. The maximum absolute atomic E-state index is 12.3. The zero-order valence-electron chi connectivity index (χ0n) is 15.4. The number of anilines is 2. The first-order valence-electron chi connectivity index (χ1n) is 8.49. The van der Waals surface area contributed by atoms with E-state index in [4.69, 9.17) is 4.74 Å². The van der Waals surface area contributed by atoms with Crippen LogP contribution in [0, 0.1) is 13.8 Å². The number of hydrogen-bond acceptors (Lipinski definition) is 5. The lowest BCUT2D eigenvalue weighted by atomic mass is 10.1. The maximum Gasteiger partial charge on any atom is 0.230 e. The van der Waals surface area contributed by atoms with E-state index in [0.29, 0.717) is 16.4 Å². The molecule has 1 aromatic heterocycles. The number of aryl methyl sites for hydroxylation is 1. The number of ether oxygens (including phenoxy) is 1. The van der Waals surface area contributed by atoms with Crippen LogP contribution in [0.2, 0.25) is 0 Å². The van der Waals surface area contributed by atoms with Crippen LogP contribution in [0.5, 0.6) is 5.75 Å². The van der Waals surface area contributed by atoms with E-state index in [1.165, 1.54) is 18.3 Å². The Hall–Kier alpha value is -2.99. The molecule has 0 saturated heterocycles. The highest BCUT2D eigenvalue weighted by molar-refractivity contribution is 7.14. The van der Waals surface area contributed by atoms with Crippen molar-refractivity contribution >= 4 is 34.3 Å². The van der Waals surface area contributed by atoms with E-state index in [9.17, 15) is 9.59 Å². The van der Waals surface area contributed by atoms with Crippen LogP contribution in [0.4, 0.5) is 10.8 Å². The molecule has 0 atom stereocenters. The summed E-state index contributed by atoms with van der Waals surface area (Å²) in [5, 5.41) is 2.50. The van der Waals surface area contributed by atoms with E-state index in [2.05, 4.69) is 4.98 Å². The van der Waals surface area contributed by atoms with Gasteiger partial charge in [0.25, 0.3) is 0 Å². The highest BCUT2D eigenvalue weighted by atomic mass is 32.1. The lowest BCUT2D eigenvalue weighted by Gasteiger charge is -2.21. The molecule has 1 heterocycles. The van der Waals surface area contributed by atoms with Gasteiger partial charge in [-0.2, -0.15) is 0 Å². The van der Waals surface area contributed by atoms with Gasteiger partial charge in [0.1, 0.15) is 18.6 Å². The molecule has 0 radical (unpaired) electrons. The highest BCUT2D eigenvalue weighted by Gasteiger charge is 2.20. The molecule has 0 unspecified atom stereocenters. The smallest absolute Gasteiger partial charge is 0.230 e. The molecule has 0 spiro atoms. The monoisotopic (exact) mass is 380 g/mol. The van der Waals surface area contributed by atoms with Crippen molar-refractivity contribution in [3.8, 4) is 5.75 Å². The molecule has 0 fully saturated rings. The highest BCUT2D eigenvalue weighted by Crippen LogP contribution is 2.32. The predicted octanol–water partition coefficient (Wildman–Crippen LogP) is 4.84. The van der Waals surface area contributed by atoms with Crippen molar-refractivity contribution in [3.05, 3.63) is 70.2 Å². The maximum atomic E-state index is 12.3. The summed E-state index contributed by atoms with van der Waals surface area (Å²) in [6.07, 6.45) is 0.792. The summed E-state index contributed by atoms with van der Waals surface area (Å²) in [5.41, 5.74) is 4.36. The van der Waals surface area contributed by atoms with Gasteiger partial charge in [0.15, 0.2) is 5.13 Å². The van der Waals surface area contributed by atoms with Gasteiger partial charge in [-0.3, -0.25) is 14.5 Å². The topological polar surface area (TPSA) is 59.5 Å². The van der Waals surface area contributed by atoms with Gasteiger partial charge in [0, 0.05) is 17.9 Å². The minimum Gasteiger partial charge on any atom is -0.487 e. The molecule has 3 rings (SSSR count). The number of hydrogen-bond donors (Lipinski definition) is 0. The third-order valence-corrected chi connectivity index (χ3v) is 5.14. The van der Waals surface area contributed by atoms with Gasteiger partial charge in [0.05, 0.1) is 11.4 Å². The Morgan fingerprint density at radius 3 is 2.59 bits per heavy atom. The standard InChI is InChI=1S/C21H20N2O3S/c1-14-5-4-6-20(15(14)2)23(16(3)25)21-22-18(13-27-21)12-26-19-9-7-17(11-24)8-10-19/h4-11,13H,12H2,1-3H3. The van der Waals surface area contributed by atoms with Gasteiger partial charge < -0.3 is 4.74 Å².